The molecule has 0 bridgehead atoms. The number of aliphatic imine (C=N–C) groups is 1. The lowest BCUT2D eigenvalue weighted by Gasteiger charge is -2.38. The van der Waals surface area contributed by atoms with E-state index < -0.39 is 0 Å². The number of guanidine groups is 1. The van der Waals surface area contributed by atoms with Gasteiger partial charge in [0.2, 0.25) is 0 Å². The Hall–Kier alpha value is -1.02. The molecule has 0 atom stereocenters. The molecule has 0 unspecified atom stereocenters. The van der Waals surface area contributed by atoms with Gasteiger partial charge in [-0.2, -0.15) is 0 Å². The lowest BCUT2D eigenvalue weighted by Crippen LogP contribution is -2.51. The molecule has 1 aromatic rings. The summed E-state index contributed by atoms with van der Waals surface area (Å²) in [4.78, 5) is 4.75. The molecule has 2 aliphatic rings. The van der Waals surface area contributed by atoms with Crippen molar-refractivity contribution in [2.24, 2.45) is 16.3 Å². The molecule has 26 heavy (non-hydrogen) atoms. The van der Waals surface area contributed by atoms with Crippen molar-refractivity contribution in [3.05, 3.63) is 29.3 Å². The molecule has 1 saturated carbocycles. The van der Waals surface area contributed by atoms with Crippen LogP contribution in [0.5, 0.6) is 5.75 Å². The molecular formula is C20H32IN3O2. The third kappa shape index (κ3) is 6.30. The number of rotatable bonds is 8. The average Bonchev–Trinajstić information content (AvgIpc) is 3.39. The van der Waals surface area contributed by atoms with Gasteiger partial charge >= 0.3 is 0 Å². The predicted molar refractivity (Wildman–Crippen MR) is 117 cm³/mol. The Labute approximate surface area is 174 Å². The Bertz CT molecular complexity index is 613. The predicted octanol–water partition coefficient (Wildman–Crippen LogP) is 3.49. The van der Waals surface area contributed by atoms with Gasteiger partial charge in [0.15, 0.2) is 5.96 Å². The van der Waals surface area contributed by atoms with Crippen LogP contribution in [0, 0.1) is 18.3 Å². The molecular weight excluding hydrogens is 441 g/mol. The molecule has 1 heterocycles. The maximum absolute atomic E-state index is 6.05. The molecule has 1 aliphatic carbocycles. The summed E-state index contributed by atoms with van der Waals surface area (Å²) in [6.07, 6.45) is 2.60. The molecule has 0 spiro atoms. The zero-order valence-electron chi connectivity index (χ0n) is 16.1. The first kappa shape index (κ1) is 21.3. The van der Waals surface area contributed by atoms with Gasteiger partial charge in [-0.1, -0.05) is 19.1 Å². The maximum Gasteiger partial charge on any atom is 0.191 e. The summed E-state index contributed by atoms with van der Waals surface area (Å²) < 4.78 is 11.4. The van der Waals surface area contributed by atoms with Gasteiger partial charge in [-0.15, -0.1) is 24.0 Å². The summed E-state index contributed by atoms with van der Waals surface area (Å²) in [5.74, 6) is 2.58. The van der Waals surface area contributed by atoms with Crippen LogP contribution in [-0.2, 0) is 11.3 Å². The van der Waals surface area contributed by atoms with Crippen LogP contribution in [0.2, 0.25) is 0 Å². The van der Waals surface area contributed by atoms with Crippen molar-refractivity contribution < 1.29 is 9.47 Å². The van der Waals surface area contributed by atoms with Gasteiger partial charge in [-0.05, 0) is 44.2 Å². The minimum absolute atomic E-state index is 0. The van der Waals surface area contributed by atoms with Gasteiger partial charge in [-0.3, -0.25) is 0 Å². The van der Waals surface area contributed by atoms with E-state index in [9.17, 15) is 0 Å². The Morgan fingerprint density at radius 1 is 1.31 bits per heavy atom. The molecule has 1 aromatic carbocycles. The molecule has 0 radical (unpaired) electrons. The number of hydrogen-bond acceptors (Lipinski definition) is 3. The molecule has 1 saturated heterocycles. The number of benzene rings is 1. The number of aryl methyl sites for hydroxylation is 1. The number of nitrogens with one attached hydrogen (secondary N) is 2. The first-order chi connectivity index (χ1) is 12.1. The van der Waals surface area contributed by atoms with E-state index in [0.717, 1.165) is 56.1 Å². The smallest absolute Gasteiger partial charge is 0.191 e. The lowest BCUT2D eigenvalue weighted by molar-refractivity contribution is -0.0971. The lowest BCUT2D eigenvalue weighted by atomic mass is 9.89. The number of halogens is 1. The molecule has 2 fully saturated rings. The Morgan fingerprint density at radius 3 is 2.69 bits per heavy atom. The normalized spacial score (nSPS) is 18.5. The number of hydrogen-bond donors (Lipinski definition) is 2. The van der Waals surface area contributed by atoms with Crippen molar-refractivity contribution in [2.75, 3.05) is 32.9 Å². The SMILES string of the molecule is CCNC(=NCc1ccc(C)cc1OCC1CC1)NCC1(C)COC1.I. The van der Waals surface area contributed by atoms with Crippen molar-refractivity contribution >= 4 is 29.9 Å². The van der Waals surface area contributed by atoms with E-state index >= 15 is 0 Å². The highest BCUT2D eigenvalue weighted by atomic mass is 127. The van der Waals surface area contributed by atoms with Crippen LogP contribution >= 0.6 is 24.0 Å². The average molecular weight is 473 g/mol. The van der Waals surface area contributed by atoms with Gasteiger partial charge in [0.1, 0.15) is 5.75 Å². The molecule has 0 amide bonds. The van der Waals surface area contributed by atoms with E-state index in [1.54, 1.807) is 0 Å². The van der Waals surface area contributed by atoms with Crippen LogP contribution < -0.4 is 15.4 Å². The number of nitrogens with zero attached hydrogens (tertiary/aromatic N) is 1. The van der Waals surface area contributed by atoms with Gasteiger partial charge in [0.25, 0.3) is 0 Å². The van der Waals surface area contributed by atoms with Crippen LogP contribution in [-0.4, -0.2) is 38.9 Å². The standard InChI is InChI=1S/C20H31N3O2.HI/c1-4-21-19(23-12-20(3)13-24-14-20)22-10-17-8-5-15(2)9-18(17)25-11-16-6-7-16;/h5,8-9,16H,4,6-7,10-14H2,1-3H3,(H2,21,22,23);1H. The quantitative estimate of drug-likeness (QED) is 0.345. The molecule has 5 nitrogen and oxygen atoms in total. The zero-order valence-corrected chi connectivity index (χ0v) is 18.5. The van der Waals surface area contributed by atoms with Crippen LogP contribution in [0.3, 0.4) is 0 Å². The van der Waals surface area contributed by atoms with Gasteiger partial charge < -0.3 is 20.1 Å². The van der Waals surface area contributed by atoms with E-state index in [1.165, 1.54) is 18.4 Å². The summed E-state index contributed by atoms with van der Waals surface area (Å²) in [7, 11) is 0. The fourth-order valence-electron chi connectivity index (χ4n) is 2.77. The molecule has 1 aliphatic heterocycles. The van der Waals surface area contributed by atoms with Crippen molar-refractivity contribution in [3.8, 4) is 5.75 Å². The Kier molecular flexibility index (Phi) is 8.01. The third-order valence-corrected chi connectivity index (χ3v) is 4.73. The largest absolute Gasteiger partial charge is 0.493 e. The maximum atomic E-state index is 6.05. The molecule has 3 rings (SSSR count). The molecule has 2 N–H and O–H groups in total. The van der Waals surface area contributed by atoms with Crippen molar-refractivity contribution in [1.29, 1.82) is 0 Å². The minimum atomic E-state index is 0. The van der Waals surface area contributed by atoms with Crippen molar-refractivity contribution in [2.45, 2.75) is 40.2 Å². The molecule has 146 valence electrons. The minimum Gasteiger partial charge on any atom is -0.493 e. The Morgan fingerprint density at radius 2 is 2.08 bits per heavy atom. The molecule has 0 aromatic heterocycles. The van der Waals surface area contributed by atoms with E-state index in [2.05, 4.69) is 49.6 Å². The summed E-state index contributed by atoms with van der Waals surface area (Å²) >= 11 is 0. The van der Waals surface area contributed by atoms with E-state index in [-0.39, 0.29) is 29.4 Å². The van der Waals surface area contributed by atoms with Crippen molar-refractivity contribution in [1.82, 2.24) is 10.6 Å². The second-order valence-electron chi connectivity index (χ2n) is 7.72. The third-order valence-electron chi connectivity index (χ3n) is 4.73. The summed E-state index contributed by atoms with van der Waals surface area (Å²) in [6, 6.07) is 6.38. The zero-order chi connectivity index (χ0) is 17.7. The summed E-state index contributed by atoms with van der Waals surface area (Å²) in [5, 5.41) is 6.76. The van der Waals surface area contributed by atoms with Crippen LogP contribution in [0.25, 0.3) is 0 Å². The van der Waals surface area contributed by atoms with Gasteiger partial charge in [0.05, 0.1) is 26.4 Å². The summed E-state index contributed by atoms with van der Waals surface area (Å²) in [6.45, 7) is 11.2. The van der Waals surface area contributed by atoms with E-state index in [4.69, 9.17) is 14.5 Å². The highest BCUT2D eigenvalue weighted by Gasteiger charge is 2.33. The number of ether oxygens (including phenoxy) is 2. The molecule has 6 heteroatoms. The van der Waals surface area contributed by atoms with E-state index in [0.29, 0.717) is 6.54 Å². The fourth-order valence-corrected chi connectivity index (χ4v) is 2.77. The van der Waals surface area contributed by atoms with Crippen LogP contribution in [0.1, 0.15) is 37.8 Å². The topological polar surface area (TPSA) is 54.9 Å². The second kappa shape index (κ2) is 9.78. The van der Waals surface area contributed by atoms with Crippen LogP contribution in [0.15, 0.2) is 23.2 Å². The fraction of sp³-hybridized carbons (Fsp3) is 0.650. The highest BCUT2D eigenvalue weighted by Crippen LogP contribution is 2.31. The Balaban J connectivity index is 0.00000243. The second-order valence-corrected chi connectivity index (χ2v) is 7.72. The van der Waals surface area contributed by atoms with Crippen LogP contribution in [0.4, 0.5) is 0 Å². The monoisotopic (exact) mass is 473 g/mol. The summed E-state index contributed by atoms with van der Waals surface area (Å²) in [5.41, 5.74) is 2.58. The first-order valence-corrected chi connectivity index (χ1v) is 9.40. The highest BCUT2D eigenvalue weighted by molar-refractivity contribution is 14.0. The van der Waals surface area contributed by atoms with Crippen molar-refractivity contribution in [3.63, 3.8) is 0 Å². The van der Waals surface area contributed by atoms with Gasteiger partial charge in [-0.25, -0.2) is 4.99 Å². The van der Waals surface area contributed by atoms with E-state index in [1.807, 2.05) is 0 Å². The van der Waals surface area contributed by atoms with Gasteiger partial charge in [0, 0.05) is 24.1 Å². The first-order valence-electron chi connectivity index (χ1n) is 9.40.